The van der Waals surface area contributed by atoms with E-state index in [0.29, 0.717) is 17.5 Å². The number of ether oxygens (including phenoxy) is 1. The molecule has 2 bridgehead atoms. The molecule has 24 heteroatoms. The van der Waals surface area contributed by atoms with E-state index in [1.165, 1.54) is 38.2 Å². The fraction of sp³-hybridized carbons (Fsp3) is 0.566. The van der Waals surface area contributed by atoms with E-state index in [1.54, 1.807) is 65.0 Å². The van der Waals surface area contributed by atoms with Crippen LogP contribution in [-0.2, 0) is 70.3 Å². The van der Waals surface area contributed by atoms with Gasteiger partial charge in [-0.1, -0.05) is 83.5 Å². The summed E-state index contributed by atoms with van der Waals surface area (Å²) in [5.74, 6) is -12.6. The molecule has 2 aliphatic rings. The first-order chi connectivity index (χ1) is 36.4. The molecule has 0 radical (unpaired) electrons. The summed E-state index contributed by atoms with van der Waals surface area (Å²) in [5.41, 5.74) is 1.13. The minimum absolute atomic E-state index is 0.0544. The molecule has 2 fully saturated rings. The predicted molar refractivity (Wildman–Crippen MR) is 274 cm³/mol. The van der Waals surface area contributed by atoms with Gasteiger partial charge in [-0.2, -0.15) is 0 Å². The van der Waals surface area contributed by atoms with Crippen molar-refractivity contribution >= 4 is 65.2 Å². The molecule has 2 aromatic rings. The number of cyclic esters (lactones) is 1. The Morgan fingerprint density at radius 2 is 1.43 bits per heavy atom. The van der Waals surface area contributed by atoms with E-state index >= 15 is 0 Å². The lowest BCUT2D eigenvalue weighted by molar-refractivity contribution is -0.167. The second-order valence-corrected chi connectivity index (χ2v) is 19.9. The highest BCUT2D eigenvalue weighted by molar-refractivity contribution is 5.98. The van der Waals surface area contributed by atoms with Gasteiger partial charge in [0.2, 0.25) is 47.3 Å². The van der Waals surface area contributed by atoms with Crippen molar-refractivity contribution in [1.82, 2.24) is 41.7 Å². The number of aliphatic hydroxyl groups excluding tert-OH is 1. The molecule has 0 aliphatic carbocycles. The van der Waals surface area contributed by atoms with Crippen LogP contribution in [0.1, 0.15) is 110 Å². The van der Waals surface area contributed by atoms with Gasteiger partial charge >= 0.3 is 17.9 Å². The second-order valence-electron chi connectivity index (χ2n) is 19.9. The van der Waals surface area contributed by atoms with Crippen molar-refractivity contribution in [3.8, 4) is 5.75 Å². The van der Waals surface area contributed by atoms with Gasteiger partial charge in [0.05, 0.1) is 0 Å². The molecular weight excluding hydrogens is 1000 g/mol. The summed E-state index contributed by atoms with van der Waals surface area (Å²) >= 11 is 0. The average Bonchev–Trinajstić information content (AvgIpc) is 3.37. The third kappa shape index (κ3) is 17.7. The number of aromatic hydroxyl groups is 1. The van der Waals surface area contributed by atoms with Crippen LogP contribution in [0.2, 0.25) is 0 Å². The van der Waals surface area contributed by atoms with Crippen LogP contribution in [0.25, 0.3) is 0 Å². The van der Waals surface area contributed by atoms with E-state index < -0.39 is 163 Å². The summed E-state index contributed by atoms with van der Waals surface area (Å²) in [6, 6.07) is 2.15. The van der Waals surface area contributed by atoms with Gasteiger partial charge in [-0.25, -0.2) is 9.59 Å². The van der Waals surface area contributed by atoms with Crippen molar-refractivity contribution in [3.05, 3.63) is 65.7 Å². The van der Waals surface area contributed by atoms with Gasteiger partial charge in [-0.3, -0.25) is 43.2 Å². The Kier molecular flexibility index (Phi) is 23.4. The summed E-state index contributed by atoms with van der Waals surface area (Å²) in [7, 11) is 1.35. The number of hydrogen-bond donors (Lipinski definition) is 10. The topological polar surface area (TPSA) is 357 Å². The number of hydrogen-bond acceptors (Lipinski definition) is 14. The smallest absolute Gasteiger partial charge is 0.329 e. The minimum atomic E-state index is -1.91. The molecule has 0 aromatic heterocycles. The van der Waals surface area contributed by atoms with Gasteiger partial charge in [-0.05, 0) is 74.1 Å². The van der Waals surface area contributed by atoms with Crippen molar-refractivity contribution in [2.75, 3.05) is 7.05 Å². The lowest BCUT2D eigenvalue weighted by atomic mass is 9.93. The number of fused-ring (bicyclic) bond motifs is 2. The van der Waals surface area contributed by atoms with Gasteiger partial charge < -0.3 is 66.9 Å². The summed E-state index contributed by atoms with van der Waals surface area (Å²) in [4.78, 5) is 153. The van der Waals surface area contributed by atoms with E-state index in [2.05, 4.69) is 31.9 Å². The highest BCUT2D eigenvalue weighted by Crippen LogP contribution is 2.27. The molecule has 2 saturated heterocycles. The fourth-order valence-electron chi connectivity index (χ4n) is 9.02. The summed E-state index contributed by atoms with van der Waals surface area (Å²) < 4.78 is 5.84. The molecule has 10 N–H and O–H groups in total. The van der Waals surface area contributed by atoms with E-state index in [0.717, 1.165) is 9.80 Å². The zero-order chi connectivity index (χ0) is 57.3. The standard InChI is InChI=1S/C53H74N8O16/c1-8-13-39(63)54-37(26-32-16-18-33(62)19-17-32)47(69)57-36(52(74)75)20-23-40(64)58-44-30(6)77-53(76)43(29(5)9-2)59-48(70)38(27-31-14-11-10-12-15-31)60(7)51(73)45(28(3)4)61-41(65)24-21-35(50(61)72)56-46(68)34(55-49(44)71)22-25-42(66)67/h10-12,14-19,28-30,34-38,41,43-45,62,65H,8-9,13,20-27H2,1-7H3,(H,54,63)(H,55,71)(H,56,68)(H,57,69)(H,58,64)(H,59,70)(H,66,67)(H,74,75)/t29-,30-,34-,35-,36-,37-,38-,41+,43?,44-,45-/m0/s1. The third-order valence-corrected chi connectivity index (χ3v) is 13.7. The van der Waals surface area contributed by atoms with Crippen LogP contribution in [0.3, 0.4) is 0 Å². The number of rotatable bonds is 20. The molecule has 0 spiro atoms. The van der Waals surface area contributed by atoms with Crippen LogP contribution in [0.5, 0.6) is 5.75 Å². The Morgan fingerprint density at radius 3 is 2.03 bits per heavy atom. The maximum absolute atomic E-state index is 14.7. The van der Waals surface area contributed by atoms with Crippen molar-refractivity contribution in [3.63, 3.8) is 0 Å². The van der Waals surface area contributed by atoms with Crippen LogP contribution in [0.4, 0.5) is 0 Å². The van der Waals surface area contributed by atoms with E-state index in [1.807, 2.05) is 0 Å². The minimum Gasteiger partial charge on any atom is -0.508 e. The van der Waals surface area contributed by atoms with E-state index in [9.17, 15) is 73.2 Å². The Morgan fingerprint density at radius 1 is 0.766 bits per heavy atom. The van der Waals surface area contributed by atoms with Gasteiger partial charge in [0.25, 0.3) is 0 Å². The Balaban J connectivity index is 1.74. The first-order valence-corrected chi connectivity index (χ1v) is 25.9. The number of phenols is 1. The molecule has 2 heterocycles. The van der Waals surface area contributed by atoms with E-state index in [-0.39, 0.29) is 44.3 Å². The zero-order valence-corrected chi connectivity index (χ0v) is 44.5. The number of likely N-dealkylation sites (N-methyl/N-ethyl adjacent to an activating group) is 1. The van der Waals surface area contributed by atoms with Crippen LogP contribution in [0, 0.1) is 11.8 Å². The molecule has 2 aromatic carbocycles. The summed E-state index contributed by atoms with van der Waals surface area (Å²) in [6.07, 6.45) is -5.40. The normalized spacial score (nSPS) is 24.1. The molecule has 1 unspecified atom stereocenters. The molecule has 4 rings (SSSR count). The fourth-order valence-corrected chi connectivity index (χ4v) is 9.02. The molecule has 8 amide bonds. The van der Waals surface area contributed by atoms with Gasteiger partial charge in [0, 0.05) is 39.2 Å². The number of nitrogens with one attached hydrogen (secondary N) is 6. The lowest BCUT2D eigenvalue weighted by Gasteiger charge is -2.44. The number of carbonyl (C=O) groups is 11. The van der Waals surface area contributed by atoms with Crippen molar-refractivity contribution < 1.29 is 77.9 Å². The molecule has 0 saturated carbocycles. The number of carboxylic acids is 2. The first-order valence-electron chi connectivity index (χ1n) is 25.9. The van der Waals surface area contributed by atoms with E-state index in [4.69, 9.17) is 4.74 Å². The molecule has 77 heavy (non-hydrogen) atoms. The largest absolute Gasteiger partial charge is 0.508 e. The van der Waals surface area contributed by atoms with Crippen LogP contribution in [0.15, 0.2) is 54.6 Å². The molecule has 11 atom stereocenters. The number of carboxylic acid groups (broad SMARTS) is 2. The highest BCUT2D eigenvalue weighted by Gasteiger charge is 2.47. The van der Waals surface area contributed by atoms with Crippen LogP contribution < -0.4 is 31.9 Å². The number of esters is 1. The van der Waals surface area contributed by atoms with Gasteiger partial charge in [0.1, 0.15) is 66.4 Å². The Hall–Kier alpha value is -7.63. The first kappa shape index (κ1) is 61.9. The molecular formula is C53H74N8O16. The number of carbonyl (C=O) groups excluding carboxylic acids is 9. The summed E-state index contributed by atoms with van der Waals surface area (Å²) in [6.45, 7) is 9.57. The maximum Gasteiger partial charge on any atom is 0.329 e. The molecule has 422 valence electrons. The molecule has 2 aliphatic heterocycles. The Bertz CT molecular complexity index is 2440. The predicted octanol–water partition coefficient (Wildman–Crippen LogP) is 0.400. The van der Waals surface area contributed by atoms with Gasteiger partial charge in [-0.15, -0.1) is 0 Å². The van der Waals surface area contributed by atoms with Crippen molar-refractivity contribution in [2.24, 2.45) is 11.8 Å². The monoisotopic (exact) mass is 1080 g/mol. The molecule has 24 nitrogen and oxygen atoms in total. The van der Waals surface area contributed by atoms with Gasteiger partial charge in [0.15, 0.2) is 0 Å². The quantitative estimate of drug-likeness (QED) is 0.0803. The number of piperidine rings is 1. The number of aliphatic hydroxyl groups is 1. The average molecular weight is 1080 g/mol. The number of phenolic OH excluding ortho intramolecular Hbond substituents is 1. The van der Waals surface area contributed by atoms with Crippen molar-refractivity contribution in [1.29, 1.82) is 0 Å². The summed E-state index contributed by atoms with van der Waals surface area (Å²) in [5, 5.41) is 55.9. The number of aliphatic carboxylic acids is 2. The zero-order valence-electron chi connectivity index (χ0n) is 44.5. The Labute approximate surface area is 446 Å². The van der Waals surface area contributed by atoms with Crippen LogP contribution in [-0.4, -0.2) is 163 Å². The highest BCUT2D eigenvalue weighted by atomic mass is 16.5. The number of amides is 8. The van der Waals surface area contributed by atoms with Crippen molar-refractivity contribution in [2.45, 2.75) is 173 Å². The second kappa shape index (κ2) is 29.0. The van der Waals surface area contributed by atoms with Crippen LogP contribution >= 0.6 is 0 Å². The lowest BCUT2D eigenvalue weighted by Crippen LogP contribution is -2.66. The maximum atomic E-state index is 14.7. The third-order valence-electron chi connectivity index (χ3n) is 13.7. The number of benzene rings is 2. The SMILES string of the molecule is CCCC(=O)N[C@@H](Cc1ccc(O)cc1)C(=O)N[C@@H](CCC(=O)N[C@@H]1C(=O)N[C@@H](CCC(=O)O)C(=O)N[C@H]2CC[C@@H](O)N(C2=O)[C@@H](C(C)C)C(=O)N(C)[C@@H](Cc2ccccc2)C(=O)NC([C@@H](C)CC)C(=O)O[C@H]1C)C(=O)O. The number of nitrogens with zero attached hydrogens (tertiary/aromatic N) is 2.